The van der Waals surface area contributed by atoms with Crippen LogP contribution in [0.25, 0.3) is 0 Å². The normalized spacial score (nSPS) is 32.9. The van der Waals surface area contributed by atoms with Crippen LogP contribution in [0.3, 0.4) is 0 Å². The van der Waals surface area contributed by atoms with Crippen LogP contribution >= 0.6 is 0 Å². The first-order valence-electron chi connectivity index (χ1n) is 4.81. The number of hydrogen-bond donors (Lipinski definition) is 3. The number of nitrogens with zero attached hydrogens (tertiary/aromatic N) is 2. The van der Waals surface area contributed by atoms with Gasteiger partial charge >= 0.3 is 5.69 Å². The molecule has 1 fully saturated rings. The van der Waals surface area contributed by atoms with E-state index in [1.54, 1.807) is 0 Å². The highest BCUT2D eigenvalue weighted by Gasteiger charge is 2.45. The first-order chi connectivity index (χ1) is 8.04. The Labute approximate surface area is 93.3 Å². The molecule has 9 heteroatoms. The van der Waals surface area contributed by atoms with Crippen molar-refractivity contribution in [1.29, 1.82) is 0 Å². The summed E-state index contributed by atoms with van der Waals surface area (Å²) in [6.07, 6.45) is -5.27. The minimum atomic E-state index is -1.91. The SMILES string of the molecule is O=c1cnn([C@@H]2O[C@H](CO)[C@@H](O)[C@H]2F)c(=O)[nH]1. The number of rotatable bonds is 2. The van der Waals surface area contributed by atoms with Gasteiger partial charge in [0.2, 0.25) is 0 Å². The van der Waals surface area contributed by atoms with Crippen LogP contribution in [-0.4, -0.2) is 50.0 Å². The third-order valence-electron chi connectivity index (χ3n) is 2.45. The summed E-state index contributed by atoms with van der Waals surface area (Å²) in [5.74, 6) is 0. The minimum absolute atomic E-state index is 0.574. The van der Waals surface area contributed by atoms with E-state index in [-0.39, 0.29) is 0 Å². The van der Waals surface area contributed by atoms with Crippen LogP contribution in [0.15, 0.2) is 15.8 Å². The molecular formula is C8H10FN3O5. The van der Waals surface area contributed by atoms with Crippen LogP contribution in [0, 0.1) is 0 Å². The fraction of sp³-hybridized carbons (Fsp3) is 0.625. The van der Waals surface area contributed by atoms with Gasteiger partial charge in [0.25, 0.3) is 5.56 Å². The molecule has 1 aliphatic heterocycles. The number of H-pyrrole nitrogens is 1. The molecule has 1 aliphatic rings. The number of halogens is 1. The molecule has 94 valence electrons. The fourth-order valence-electron chi connectivity index (χ4n) is 1.60. The lowest BCUT2D eigenvalue weighted by molar-refractivity contribution is -0.0548. The monoisotopic (exact) mass is 247 g/mol. The van der Waals surface area contributed by atoms with Crippen molar-refractivity contribution < 1.29 is 19.3 Å². The van der Waals surface area contributed by atoms with E-state index >= 15 is 0 Å². The van der Waals surface area contributed by atoms with E-state index < -0.39 is 42.5 Å². The summed E-state index contributed by atoms with van der Waals surface area (Å²) in [5, 5.41) is 21.6. The molecule has 0 radical (unpaired) electrons. The van der Waals surface area contributed by atoms with Crippen molar-refractivity contribution in [3.63, 3.8) is 0 Å². The second-order valence-corrected chi connectivity index (χ2v) is 3.57. The number of nitrogens with one attached hydrogen (secondary N) is 1. The summed E-state index contributed by atoms with van der Waals surface area (Å²) in [4.78, 5) is 24.0. The summed E-state index contributed by atoms with van der Waals surface area (Å²) in [5.41, 5.74) is -1.67. The van der Waals surface area contributed by atoms with Gasteiger partial charge < -0.3 is 14.9 Å². The predicted molar refractivity (Wildman–Crippen MR) is 51.0 cm³/mol. The standard InChI is InChI=1S/C8H10FN3O5/c9-5-6(15)3(2-13)17-7(5)12-8(16)11-4(14)1-10-12/h1,3,5-7,13,15H,2H2,(H,11,14,16)/t3-,5-,6-,7-/m1/s1. The van der Waals surface area contributed by atoms with Gasteiger partial charge in [0.1, 0.15) is 18.4 Å². The first-order valence-corrected chi connectivity index (χ1v) is 4.81. The molecule has 8 nitrogen and oxygen atoms in total. The van der Waals surface area contributed by atoms with Crippen LogP contribution < -0.4 is 11.2 Å². The van der Waals surface area contributed by atoms with E-state index in [1.807, 2.05) is 4.98 Å². The Morgan fingerprint density at radius 3 is 2.82 bits per heavy atom. The second-order valence-electron chi connectivity index (χ2n) is 3.57. The van der Waals surface area contributed by atoms with Gasteiger partial charge in [-0.25, -0.2) is 9.18 Å². The van der Waals surface area contributed by atoms with Gasteiger partial charge in [0, 0.05) is 0 Å². The van der Waals surface area contributed by atoms with Crippen molar-refractivity contribution in [1.82, 2.24) is 14.8 Å². The molecule has 1 aromatic heterocycles. The molecule has 2 rings (SSSR count). The summed E-state index contributed by atoms with van der Waals surface area (Å²) in [7, 11) is 0. The van der Waals surface area contributed by atoms with Gasteiger partial charge in [-0.3, -0.25) is 9.78 Å². The molecule has 17 heavy (non-hydrogen) atoms. The average molecular weight is 247 g/mol. The first kappa shape index (κ1) is 11.9. The smallest absolute Gasteiger partial charge is 0.347 e. The van der Waals surface area contributed by atoms with Gasteiger partial charge in [-0.15, -0.1) is 0 Å². The topological polar surface area (TPSA) is 117 Å². The Morgan fingerprint density at radius 1 is 1.59 bits per heavy atom. The molecule has 0 amide bonds. The highest BCUT2D eigenvalue weighted by Crippen LogP contribution is 2.29. The van der Waals surface area contributed by atoms with Crippen LogP contribution in [0.2, 0.25) is 0 Å². The van der Waals surface area contributed by atoms with E-state index in [1.165, 1.54) is 0 Å². The lowest BCUT2D eigenvalue weighted by Crippen LogP contribution is -2.37. The molecule has 0 aliphatic carbocycles. The van der Waals surface area contributed by atoms with Crippen LogP contribution in [0.1, 0.15) is 6.23 Å². The number of aromatic amines is 1. The Hall–Kier alpha value is -1.58. The molecule has 0 aromatic carbocycles. The van der Waals surface area contributed by atoms with Crippen LogP contribution in [0.5, 0.6) is 0 Å². The van der Waals surface area contributed by atoms with Crippen molar-refractivity contribution in [2.24, 2.45) is 0 Å². The lowest BCUT2D eigenvalue weighted by atomic mass is 10.1. The van der Waals surface area contributed by atoms with Gasteiger partial charge in [0.05, 0.1) is 6.61 Å². The van der Waals surface area contributed by atoms with Gasteiger partial charge in [-0.2, -0.15) is 9.78 Å². The summed E-state index contributed by atoms with van der Waals surface area (Å²) in [6.45, 7) is -0.587. The van der Waals surface area contributed by atoms with Crippen LogP contribution in [0.4, 0.5) is 4.39 Å². The molecule has 1 aromatic rings. The Bertz CT molecular complexity index is 514. The number of aliphatic hydroxyl groups is 2. The maximum Gasteiger partial charge on any atom is 0.347 e. The average Bonchev–Trinajstić information content (AvgIpc) is 2.57. The number of aromatic nitrogens is 3. The molecule has 0 unspecified atom stereocenters. The zero-order valence-electron chi connectivity index (χ0n) is 8.49. The van der Waals surface area contributed by atoms with Crippen molar-refractivity contribution in [2.75, 3.05) is 6.61 Å². The molecule has 0 spiro atoms. The van der Waals surface area contributed by atoms with Crippen molar-refractivity contribution in [3.05, 3.63) is 27.0 Å². The fourth-order valence-corrected chi connectivity index (χ4v) is 1.60. The van der Waals surface area contributed by atoms with E-state index in [0.717, 1.165) is 6.20 Å². The highest BCUT2D eigenvalue weighted by atomic mass is 19.1. The maximum atomic E-state index is 13.6. The Balaban J connectivity index is 2.35. The lowest BCUT2D eigenvalue weighted by Gasteiger charge is -2.13. The summed E-state index contributed by atoms with van der Waals surface area (Å²) < 4.78 is 19.1. The number of ether oxygens (including phenoxy) is 1. The molecule has 4 atom stereocenters. The van der Waals surface area contributed by atoms with Gasteiger partial charge in [0.15, 0.2) is 12.4 Å². The molecule has 0 bridgehead atoms. The molecule has 3 N–H and O–H groups in total. The number of hydrogen-bond acceptors (Lipinski definition) is 6. The second kappa shape index (κ2) is 4.35. The maximum absolute atomic E-state index is 13.6. The largest absolute Gasteiger partial charge is 0.394 e. The molecule has 2 heterocycles. The van der Waals surface area contributed by atoms with Crippen LogP contribution in [-0.2, 0) is 4.74 Å². The molecule has 0 saturated carbocycles. The van der Waals surface area contributed by atoms with E-state index in [0.29, 0.717) is 4.68 Å². The molecular weight excluding hydrogens is 237 g/mol. The number of aliphatic hydroxyl groups excluding tert-OH is 2. The zero-order chi connectivity index (χ0) is 12.6. The number of alkyl halides is 1. The van der Waals surface area contributed by atoms with Crippen molar-refractivity contribution in [3.8, 4) is 0 Å². The third kappa shape index (κ3) is 1.99. The predicted octanol–water partition coefficient (Wildman–Crippen LogP) is -2.48. The van der Waals surface area contributed by atoms with Crippen molar-refractivity contribution in [2.45, 2.75) is 24.6 Å². The van der Waals surface area contributed by atoms with E-state index in [4.69, 9.17) is 9.84 Å². The highest BCUT2D eigenvalue weighted by molar-refractivity contribution is 4.89. The Kier molecular flexibility index (Phi) is 3.05. The van der Waals surface area contributed by atoms with Gasteiger partial charge in [-0.05, 0) is 0 Å². The Morgan fingerprint density at radius 2 is 2.29 bits per heavy atom. The van der Waals surface area contributed by atoms with Gasteiger partial charge in [-0.1, -0.05) is 0 Å². The third-order valence-corrected chi connectivity index (χ3v) is 2.45. The quantitative estimate of drug-likeness (QED) is 0.532. The minimum Gasteiger partial charge on any atom is -0.394 e. The van der Waals surface area contributed by atoms with E-state index in [2.05, 4.69) is 5.10 Å². The summed E-state index contributed by atoms with van der Waals surface area (Å²) >= 11 is 0. The van der Waals surface area contributed by atoms with Crippen molar-refractivity contribution >= 4 is 0 Å². The summed E-state index contributed by atoms with van der Waals surface area (Å²) in [6, 6.07) is 0. The zero-order valence-corrected chi connectivity index (χ0v) is 8.49. The van der Waals surface area contributed by atoms with E-state index in [9.17, 15) is 19.1 Å². The molecule has 1 saturated heterocycles.